The van der Waals surface area contributed by atoms with Gasteiger partial charge in [-0.3, -0.25) is 0 Å². The molecule has 2 rings (SSSR count). The average molecular weight is 293 g/mol. The zero-order chi connectivity index (χ0) is 15.8. The summed E-state index contributed by atoms with van der Waals surface area (Å²) >= 11 is 0. The molecule has 0 bridgehead atoms. The fraction of sp³-hybridized carbons (Fsp3) is 0.300. The highest BCUT2D eigenvalue weighted by Gasteiger charge is 2.03. The Morgan fingerprint density at radius 1 is 1.00 bits per heavy atom. The van der Waals surface area contributed by atoms with E-state index >= 15 is 0 Å². The van der Waals surface area contributed by atoms with E-state index in [9.17, 15) is 0 Å². The molecule has 0 unspecified atom stereocenters. The first-order valence-corrected chi connectivity index (χ1v) is 7.58. The van der Waals surface area contributed by atoms with Crippen LogP contribution in [0.1, 0.15) is 23.1 Å². The fourth-order valence-corrected chi connectivity index (χ4v) is 2.27. The Labute approximate surface area is 133 Å². The predicted octanol–water partition coefficient (Wildman–Crippen LogP) is 3.59. The third-order valence-corrected chi connectivity index (χ3v) is 3.48. The fourth-order valence-electron chi connectivity index (χ4n) is 2.27. The molecule has 0 aliphatic heterocycles. The van der Waals surface area contributed by atoms with Crippen molar-refractivity contribution in [1.29, 1.82) is 0 Å². The molecule has 0 aromatic heterocycles. The van der Waals surface area contributed by atoms with Crippen LogP contribution in [0.5, 0.6) is 5.75 Å². The van der Waals surface area contributed by atoms with Gasteiger partial charge in [-0.05, 0) is 69.4 Å². The summed E-state index contributed by atoms with van der Waals surface area (Å²) in [5.41, 5.74) is 3.38. The number of benzene rings is 2. The van der Waals surface area contributed by atoms with Crippen LogP contribution in [0.25, 0.3) is 0 Å². The molecule has 0 atom stereocenters. The lowest BCUT2D eigenvalue weighted by Gasteiger charge is -2.11. The third-order valence-electron chi connectivity index (χ3n) is 3.48. The van der Waals surface area contributed by atoms with Gasteiger partial charge in [0.05, 0.1) is 7.11 Å². The van der Waals surface area contributed by atoms with Gasteiger partial charge in [0, 0.05) is 11.1 Å². The summed E-state index contributed by atoms with van der Waals surface area (Å²) in [4.78, 5) is 2.20. The van der Waals surface area contributed by atoms with Crippen molar-refractivity contribution in [3.63, 3.8) is 0 Å². The van der Waals surface area contributed by atoms with E-state index in [2.05, 4.69) is 43.0 Å². The van der Waals surface area contributed by atoms with E-state index in [1.54, 1.807) is 7.11 Å². The Hall–Kier alpha value is -2.24. The largest absolute Gasteiger partial charge is 0.497 e. The number of hydrogen-bond acceptors (Lipinski definition) is 2. The quantitative estimate of drug-likeness (QED) is 0.781. The van der Waals surface area contributed by atoms with Crippen molar-refractivity contribution >= 4 is 0 Å². The van der Waals surface area contributed by atoms with Gasteiger partial charge in [-0.15, -0.1) is 0 Å². The lowest BCUT2D eigenvalue weighted by atomic mass is 10.0. The van der Waals surface area contributed by atoms with Gasteiger partial charge in [-0.2, -0.15) is 0 Å². The SMILES string of the molecule is COc1ccc(C#Cc2ccccc2)c(CCCN(C)C)c1. The summed E-state index contributed by atoms with van der Waals surface area (Å²) in [5, 5.41) is 0. The first kappa shape index (κ1) is 16.1. The highest BCUT2D eigenvalue weighted by molar-refractivity contribution is 5.49. The molecule has 0 spiro atoms. The molecule has 0 saturated heterocycles. The molecule has 0 aliphatic carbocycles. The van der Waals surface area contributed by atoms with Crippen molar-refractivity contribution in [1.82, 2.24) is 4.90 Å². The minimum absolute atomic E-state index is 0.894. The second kappa shape index (κ2) is 8.26. The minimum Gasteiger partial charge on any atom is -0.497 e. The molecule has 0 radical (unpaired) electrons. The van der Waals surface area contributed by atoms with Crippen LogP contribution >= 0.6 is 0 Å². The molecule has 2 aromatic carbocycles. The van der Waals surface area contributed by atoms with Crippen LogP contribution < -0.4 is 4.74 Å². The maximum absolute atomic E-state index is 5.34. The van der Waals surface area contributed by atoms with E-state index in [4.69, 9.17) is 4.74 Å². The van der Waals surface area contributed by atoms with E-state index in [1.807, 2.05) is 36.4 Å². The molecule has 114 valence electrons. The van der Waals surface area contributed by atoms with E-state index in [-0.39, 0.29) is 0 Å². The normalized spacial score (nSPS) is 10.2. The Kier molecular flexibility index (Phi) is 6.06. The molecule has 0 aliphatic rings. The van der Waals surface area contributed by atoms with E-state index in [0.717, 1.165) is 36.3 Å². The highest BCUT2D eigenvalue weighted by atomic mass is 16.5. The molecule has 0 fully saturated rings. The van der Waals surface area contributed by atoms with E-state index in [0.29, 0.717) is 0 Å². The maximum atomic E-state index is 5.34. The molecular weight excluding hydrogens is 270 g/mol. The second-order valence-corrected chi connectivity index (χ2v) is 5.55. The Bertz CT molecular complexity index is 650. The number of ether oxygens (including phenoxy) is 1. The van der Waals surface area contributed by atoms with Crippen molar-refractivity contribution in [2.45, 2.75) is 12.8 Å². The molecule has 22 heavy (non-hydrogen) atoms. The molecule has 0 N–H and O–H groups in total. The average Bonchev–Trinajstić information content (AvgIpc) is 2.54. The number of rotatable bonds is 5. The molecular formula is C20H23NO. The van der Waals surface area contributed by atoms with Gasteiger partial charge in [0.1, 0.15) is 5.75 Å². The summed E-state index contributed by atoms with van der Waals surface area (Å²) in [6.07, 6.45) is 2.12. The van der Waals surface area contributed by atoms with Crippen molar-refractivity contribution in [3.05, 3.63) is 65.2 Å². The van der Waals surface area contributed by atoms with E-state index < -0.39 is 0 Å². The van der Waals surface area contributed by atoms with Crippen molar-refractivity contribution in [2.24, 2.45) is 0 Å². The first-order valence-electron chi connectivity index (χ1n) is 7.58. The summed E-state index contributed by atoms with van der Waals surface area (Å²) < 4.78 is 5.34. The second-order valence-electron chi connectivity index (χ2n) is 5.55. The van der Waals surface area contributed by atoms with Crippen LogP contribution in [0.4, 0.5) is 0 Å². The van der Waals surface area contributed by atoms with Crippen molar-refractivity contribution < 1.29 is 4.74 Å². The molecule has 2 aromatic rings. The van der Waals surface area contributed by atoms with Gasteiger partial charge in [0.25, 0.3) is 0 Å². The van der Waals surface area contributed by atoms with Gasteiger partial charge in [0.2, 0.25) is 0 Å². The topological polar surface area (TPSA) is 12.5 Å². The predicted molar refractivity (Wildman–Crippen MR) is 92.3 cm³/mol. The highest BCUT2D eigenvalue weighted by Crippen LogP contribution is 2.19. The van der Waals surface area contributed by atoms with Crippen LogP contribution in [0.3, 0.4) is 0 Å². The minimum atomic E-state index is 0.894. The lowest BCUT2D eigenvalue weighted by molar-refractivity contribution is 0.399. The first-order chi connectivity index (χ1) is 10.7. The standard InChI is InChI=1S/C20H23NO/c1-21(2)15-7-10-19-16-20(22-3)14-13-18(19)12-11-17-8-5-4-6-9-17/h4-6,8-9,13-14,16H,7,10,15H2,1-3H3. The van der Waals surface area contributed by atoms with Crippen LogP contribution in [0.15, 0.2) is 48.5 Å². The third kappa shape index (κ3) is 4.95. The summed E-state index contributed by atoms with van der Waals surface area (Å²) in [6, 6.07) is 16.2. The van der Waals surface area contributed by atoms with Gasteiger partial charge >= 0.3 is 0 Å². The molecule has 0 heterocycles. The molecule has 2 heteroatoms. The van der Waals surface area contributed by atoms with Crippen molar-refractivity contribution in [2.75, 3.05) is 27.7 Å². The zero-order valence-electron chi connectivity index (χ0n) is 13.6. The lowest BCUT2D eigenvalue weighted by Crippen LogP contribution is -2.13. The Morgan fingerprint density at radius 3 is 2.45 bits per heavy atom. The van der Waals surface area contributed by atoms with Crippen LogP contribution in [0, 0.1) is 11.8 Å². The van der Waals surface area contributed by atoms with Crippen molar-refractivity contribution in [3.8, 4) is 17.6 Å². The smallest absolute Gasteiger partial charge is 0.119 e. The van der Waals surface area contributed by atoms with Gasteiger partial charge in [-0.1, -0.05) is 30.0 Å². The summed E-state index contributed by atoms with van der Waals surface area (Å²) in [7, 11) is 5.90. The van der Waals surface area contributed by atoms with Crippen LogP contribution in [-0.4, -0.2) is 32.6 Å². The zero-order valence-corrected chi connectivity index (χ0v) is 13.6. The number of nitrogens with zero attached hydrogens (tertiary/aromatic N) is 1. The number of methoxy groups -OCH3 is 1. The molecule has 0 saturated carbocycles. The van der Waals surface area contributed by atoms with Gasteiger partial charge in [-0.25, -0.2) is 0 Å². The summed E-state index contributed by atoms with van der Waals surface area (Å²) in [5.74, 6) is 7.43. The number of aryl methyl sites for hydroxylation is 1. The van der Waals surface area contributed by atoms with Crippen LogP contribution in [-0.2, 0) is 6.42 Å². The Morgan fingerprint density at radius 2 is 1.77 bits per heavy atom. The number of hydrogen-bond donors (Lipinski definition) is 0. The van der Waals surface area contributed by atoms with E-state index in [1.165, 1.54) is 5.56 Å². The Balaban J connectivity index is 2.20. The summed E-state index contributed by atoms with van der Waals surface area (Å²) in [6.45, 7) is 1.07. The van der Waals surface area contributed by atoms with Gasteiger partial charge in [0.15, 0.2) is 0 Å². The monoisotopic (exact) mass is 293 g/mol. The van der Waals surface area contributed by atoms with Gasteiger partial charge < -0.3 is 9.64 Å². The maximum Gasteiger partial charge on any atom is 0.119 e. The molecule has 2 nitrogen and oxygen atoms in total. The van der Waals surface area contributed by atoms with Crippen LogP contribution in [0.2, 0.25) is 0 Å². The molecule has 0 amide bonds.